The van der Waals surface area contributed by atoms with Crippen LogP contribution in [0.15, 0.2) is 21.4 Å². The van der Waals surface area contributed by atoms with Crippen LogP contribution >= 0.6 is 15.9 Å². The van der Waals surface area contributed by atoms with Crippen molar-refractivity contribution in [3.05, 3.63) is 27.1 Å². The van der Waals surface area contributed by atoms with Gasteiger partial charge in [-0.1, -0.05) is 39.0 Å². The third-order valence-electron chi connectivity index (χ3n) is 3.45. The summed E-state index contributed by atoms with van der Waals surface area (Å²) >= 11 is 3.53. The maximum atomic E-state index is 11.3. The normalized spacial score (nSPS) is 11.1. The molecule has 0 unspecified atom stereocenters. The van der Waals surface area contributed by atoms with Gasteiger partial charge in [-0.15, -0.1) is 0 Å². The molecule has 0 aliphatic carbocycles. The van der Waals surface area contributed by atoms with Crippen LogP contribution < -0.4 is 11.0 Å². The number of hydrogen-bond acceptors (Lipinski definition) is 2. The standard InChI is InChI=1S/C15H22BrN3O/c1-2-3-4-5-6-7-8-17-12-10-14-13(9-11(12)16)18-15(20)19-14/h9-10,17H,2-8H2,1H3,(H2,18,19,20). The van der Waals surface area contributed by atoms with E-state index < -0.39 is 0 Å². The molecule has 20 heavy (non-hydrogen) atoms. The third kappa shape index (κ3) is 4.13. The van der Waals surface area contributed by atoms with Gasteiger partial charge in [-0.3, -0.25) is 0 Å². The van der Waals surface area contributed by atoms with Crippen molar-refractivity contribution in [3.8, 4) is 0 Å². The van der Waals surface area contributed by atoms with E-state index in [4.69, 9.17) is 0 Å². The first-order chi connectivity index (χ1) is 9.70. The first kappa shape index (κ1) is 15.2. The van der Waals surface area contributed by atoms with Gasteiger partial charge in [0, 0.05) is 11.0 Å². The van der Waals surface area contributed by atoms with E-state index in [1.165, 1.54) is 38.5 Å². The van der Waals surface area contributed by atoms with E-state index in [0.29, 0.717) is 0 Å². The molecule has 1 aromatic heterocycles. The third-order valence-corrected chi connectivity index (χ3v) is 4.11. The maximum Gasteiger partial charge on any atom is 0.323 e. The van der Waals surface area contributed by atoms with Gasteiger partial charge < -0.3 is 15.3 Å². The van der Waals surface area contributed by atoms with Crippen LogP contribution in [0.25, 0.3) is 11.0 Å². The summed E-state index contributed by atoms with van der Waals surface area (Å²) in [6.07, 6.45) is 7.75. The highest BCUT2D eigenvalue weighted by atomic mass is 79.9. The fourth-order valence-electron chi connectivity index (χ4n) is 2.32. The zero-order valence-corrected chi connectivity index (χ0v) is 13.5. The number of halogens is 1. The van der Waals surface area contributed by atoms with Crippen molar-refractivity contribution in [1.82, 2.24) is 9.97 Å². The molecule has 0 amide bonds. The van der Waals surface area contributed by atoms with E-state index >= 15 is 0 Å². The number of aromatic nitrogens is 2. The molecule has 1 aromatic carbocycles. The van der Waals surface area contributed by atoms with E-state index in [9.17, 15) is 4.79 Å². The second-order valence-corrected chi connectivity index (χ2v) is 6.01. The Bertz CT molecular complexity index is 603. The van der Waals surface area contributed by atoms with Crippen molar-refractivity contribution in [2.45, 2.75) is 45.4 Å². The topological polar surface area (TPSA) is 60.7 Å². The summed E-state index contributed by atoms with van der Waals surface area (Å²) in [5.74, 6) is 0. The fraction of sp³-hybridized carbons (Fsp3) is 0.533. The monoisotopic (exact) mass is 339 g/mol. The lowest BCUT2D eigenvalue weighted by atomic mass is 10.1. The minimum Gasteiger partial charge on any atom is -0.384 e. The summed E-state index contributed by atoms with van der Waals surface area (Å²) in [6.45, 7) is 3.20. The van der Waals surface area contributed by atoms with Crippen LogP contribution in [0.2, 0.25) is 0 Å². The van der Waals surface area contributed by atoms with Crippen LogP contribution in [0.4, 0.5) is 5.69 Å². The smallest absolute Gasteiger partial charge is 0.323 e. The summed E-state index contributed by atoms with van der Waals surface area (Å²) in [5.41, 5.74) is 2.52. The zero-order chi connectivity index (χ0) is 14.4. The van der Waals surface area contributed by atoms with Gasteiger partial charge in [0.1, 0.15) is 0 Å². The molecule has 3 N–H and O–H groups in total. The van der Waals surface area contributed by atoms with E-state index in [2.05, 4.69) is 38.1 Å². The number of anilines is 1. The maximum absolute atomic E-state index is 11.3. The molecular formula is C15H22BrN3O. The largest absolute Gasteiger partial charge is 0.384 e. The van der Waals surface area contributed by atoms with Gasteiger partial charge in [-0.05, 0) is 34.5 Å². The lowest BCUT2D eigenvalue weighted by Crippen LogP contribution is -2.02. The minimum absolute atomic E-state index is 0.167. The van der Waals surface area contributed by atoms with Crippen LogP contribution in [0, 0.1) is 0 Å². The van der Waals surface area contributed by atoms with Gasteiger partial charge in [0.15, 0.2) is 0 Å². The highest BCUT2D eigenvalue weighted by Gasteiger charge is 2.04. The van der Waals surface area contributed by atoms with Crippen LogP contribution in [-0.4, -0.2) is 16.5 Å². The van der Waals surface area contributed by atoms with Gasteiger partial charge in [-0.2, -0.15) is 0 Å². The van der Waals surface area contributed by atoms with Gasteiger partial charge >= 0.3 is 5.69 Å². The number of rotatable bonds is 8. The number of benzene rings is 1. The molecule has 4 nitrogen and oxygen atoms in total. The molecule has 0 saturated carbocycles. The molecule has 5 heteroatoms. The summed E-state index contributed by atoms with van der Waals surface area (Å²) in [6, 6.07) is 3.89. The average Bonchev–Trinajstić information content (AvgIpc) is 2.77. The Kier molecular flexibility index (Phi) is 5.71. The zero-order valence-electron chi connectivity index (χ0n) is 11.9. The Morgan fingerprint density at radius 1 is 1.05 bits per heavy atom. The predicted molar refractivity (Wildman–Crippen MR) is 88.5 cm³/mol. The molecule has 2 rings (SSSR count). The number of imidazole rings is 1. The van der Waals surface area contributed by atoms with Gasteiger partial charge in [0.2, 0.25) is 0 Å². The first-order valence-corrected chi connectivity index (χ1v) is 8.15. The second kappa shape index (κ2) is 7.53. The summed E-state index contributed by atoms with van der Waals surface area (Å²) in [4.78, 5) is 16.8. The Balaban J connectivity index is 1.83. The van der Waals surface area contributed by atoms with Gasteiger partial charge in [0.25, 0.3) is 0 Å². The van der Waals surface area contributed by atoms with Crippen molar-refractivity contribution in [3.63, 3.8) is 0 Å². The molecule has 110 valence electrons. The van der Waals surface area contributed by atoms with Crippen LogP contribution in [-0.2, 0) is 0 Å². The summed E-state index contributed by atoms with van der Waals surface area (Å²) in [5, 5.41) is 3.42. The van der Waals surface area contributed by atoms with Crippen molar-refractivity contribution in [1.29, 1.82) is 0 Å². The highest BCUT2D eigenvalue weighted by molar-refractivity contribution is 9.10. The van der Waals surface area contributed by atoms with Crippen molar-refractivity contribution in [2.24, 2.45) is 0 Å². The molecule has 0 radical (unpaired) electrons. The molecule has 2 aromatic rings. The number of fused-ring (bicyclic) bond motifs is 1. The predicted octanol–water partition coefficient (Wildman–Crippen LogP) is 4.39. The average molecular weight is 340 g/mol. The molecule has 0 saturated heterocycles. The number of unbranched alkanes of at least 4 members (excludes halogenated alkanes) is 5. The Morgan fingerprint density at radius 2 is 1.70 bits per heavy atom. The molecular weight excluding hydrogens is 318 g/mol. The Labute approximate surface area is 127 Å². The van der Waals surface area contributed by atoms with Crippen molar-refractivity contribution in [2.75, 3.05) is 11.9 Å². The lowest BCUT2D eigenvalue weighted by molar-refractivity contribution is 0.617. The molecule has 0 atom stereocenters. The van der Waals surface area contributed by atoms with Gasteiger partial charge in [-0.25, -0.2) is 4.79 Å². The molecule has 0 bridgehead atoms. The van der Waals surface area contributed by atoms with E-state index in [0.717, 1.165) is 27.7 Å². The molecule has 1 heterocycles. The number of nitrogens with one attached hydrogen (secondary N) is 3. The van der Waals surface area contributed by atoms with E-state index in [1.807, 2.05) is 12.1 Å². The van der Waals surface area contributed by atoms with Gasteiger partial charge in [0.05, 0.1) is 16.7 Å². The first-order valence-electron chi connectivity index (χ1n) is 7.36. The molecule has 0 fully saturated rings. The Hall–Kier alpha value is -1.23. The van der Waals surface area contributed by atoms with E-state index in [1.54, 1.807) is 0 Å². The van der Waals surface area contributed by atoms with Crippen LogP contribution in [0.1, 0.15) is 45.4 Å². The number of aromatic amines is 2. The molecule has 0 aliphatic heterocycles. The van der Waals surface area contributed by atoms with E-state index in [-0.39, 0.29) is 5.69 Å². The fourth-order valence-corrected chi connectivity index (χ4v) is 2.80. The second-order valence-electron chi connectivity index (χ2n) is 5.15. The summed E-state index contributed by atoms with van der Waals surface area (Å²) in [7, 11) is 0. The lowest BCUT2D eigenvalue weighted by Gasteiger charge is -2.08. The highest BCUT2D eigenvalue weighted by Crippen LogP contribution is 2.26. The molecule has 0 spiro atoms. The number of H-pyrrole nitrogens is 2. The summed E-state index contributed by atoms with van der Waals surface area (Å²) < 4.78 is 0.978. The molecule has 0 aliphatic rings. The number of hydrogen-bond donors (Lipinski definition) is 3. The van der Waals surface area contributed by atoms with Crippen molar-refractivity contribution < 1.29 is 0 Å². The van der Waals surface area contributed by atoms with Crippen molar-refractivity contribution >= 4 is 32.7 Å². The quantitative estimate of drug-likeness (QED) is 0.624. The minimum atomic E-state index is -0.167. The van der Waals surface area contributed by atoms with Crippen LogP contribution in [0.3, 0.4) is 0 Å². The Morgan fingerprint density at radius 3 is 2.45 bits per heavy atom. The van der Waals surface area contributed by atoms with Crippen LogP contribution in [0.5, 0.6) is 0 Å². The SMILES string of the molecule is CCCCCCCCNc1cc2[nH]c(=O)[nH]c2cc1Br.